The summed E-state index contributed by atoms with van der Waals surface area (Å²) in [5.74, 6) is 0.338. The molecule has 0 radical (unpaired) electrons. The van der Waals surface area contributed by atoms with Crippen molar-refractivity contribution in [3.8, 4) is 11.5 Å². The van der Waals surface area contributed by atoms with E-state index in [1.807, 2.05) is 48.5 Å². The molecule has 0 aliphatic heterocycles. The first-order chi connectivity index (χ1) is 10.6. The molecule has 0 saturated carbocycles. The number of aromatic hydroxyl groups is 2. The zero-order valence-corrected chi connectivity index (χ0v) is 12.5. The number of phenols is 2. The summed E-state index contributed by atoms with van der Waals surface area (Å²) in [7, 11) is 0. The van der Waals surface area contributed by atoms with Gasteiger partial charge in [0.1, 0.15) is 11.5 Å². The summed E-state index contributed by atoms with van der Waals surface area (Å²) in [4.78, 5) is 0. The van der Waals surface area contributed by atoms with Crippen LogP contribution in [0.1, 0.15) is 22.6 Å². The van der Waals surface area contributed by atoms with Crippen LogP contribution >= 0.6 is 11.6 Å². The number of para-hydroxylation sites is 1. The van der Waals surface area contributed by atoms with E-state index in [0.717, 1.165) is 16.7 Å². The topological polar surface area (TPSA) is 40.5 Å². The second-order valence-electron chi connectivity index (χ2n) is 5.13. The van der Waals surface area contributed by atoms with Gasteiger partial charge in [0, 0.05) is 16.5 Å². The van der Waals surface area contributed by atoms with Crippen LogP contribution in [0.2, 0.25) is 5.02 Å². The van der Waals surface area contributed by atoms with Crippen LogP contribution < -0.4 is 0 Å². The molecular weight excluding hydrogens is 296 g/mol. The Balaban J connectivity index is 2.16. The third-order valence-electron chi connectivity index (χ3n) is 3.68. The van der Waals surface area contributed by atoms with E-state index < -0.39 is 0 Å². The van der Waals surface area contributed by atoms with E-state index in [1.165, 1.54) is 0 Å². The lowest BCUT2D eigenvalue weighted by molar-refractivity contribution is 0.467. The molecule has 22 heavy (non-hydrogen) atoms. The van der Waals surface area contributed by atoms with Crippen LogP contribution in [0.15, 0.2) is 72.8 Å². The fraction of sp³-hybridized carbons (Fsp3) is 0.0526. The Morgan fingerprint density at radius 3 is 1.82 bits per heavy atom. The van der Waals surface area contributed by atoms with Gasteiger partial charge in [0.05, 0.1) is 0 Å². The SMILES string of the molecule is Oc1ccc(C(c2ccc(Cl)cc2)c2ccccc2O)cc1. The van der Waals surface area contributed by atoms with Gasteiger partial charge in [-0.25, -0.2) is 0 Å². The molecule has 1 unspecified atom stereocenters. The summed E-state index contributed by atoms with van der Waals surface area (Å²) in [6.45, 7) is 0. The summed E-state index contributed by atoms with van der Waals surface area (Å²) >= 11 is 5.98. The van der Waals surface area contributed by atoms with Gasteiger partial charge in [-0.3, -0.25) is 0 Å². The molecule has 0 heterocycles. The Bertz CT molecular complexity index is 719. The molecule has 2 nitrogen and oxygen atoms in total. The molecule has 3 aromatic carbocycles. The highest BCUT2D eigenvalue weighted by Crippen LogP contribution is 2.37. The number of rotatable bonds is 3. The lowest BCUT2D eigenvalue weighted by Crippen LogP contribution is -2.03. The first-order valence-corrected chi connectivity index (χ1v) is 7.35. The number of benzene rings is 3. The summed E-state index contributed by atoms with van der Waals surface area (Å²) in [6.07, 6.45) is 0. The monoisotopic (exact) mass is 310 g/mol. The molecule has 0 saturated heterocycles. The van der Waals surface area contributed by atoms with Crippen molar-refractivity contribution in [2.24, 2.45) is 0 Å². The molecule has 0 fully saturated rings. The van der Waals surface area contributed by atoms with E-state index in [9.17, 15) is 10.2 Å². The maximum Gasteiger partial charge on any atom is 0.119 e. The molecule has 0 bridgehead atoms. The van der Waals surface area contributed by atoms with Gasteiger partial charge in [-0.15, -0.1) is 0 Å². The highest BCUT2D eigenvalue weighted by Gasteiger charge is 2.19. The predicted molar refractivity (Wildman–Crippen MR) is 88.6 cm³/mol. The van der Waals surface area contributed by atoms with Crippen molar-refractivity contribution in [2.75, 3.05) is 0 Å². The molecule has 0 aliphatic rings. The molecule has 0 aliphatic carbocycles. The summed E-state index contributed by atoms with van der Waals surface area (Å²) in [5, 5.41) is 20.4. The standard InChI is InChI=1S/C19H15ClO2/c20-15-9-5-13(6-10-15)19(14-7-11-16(21)12-8-14)17-3-1-2-4-18(17)22/h1-12,19,21-22H. The first-order valence-electron chi connectivity index (χ1n) is 6.97. The van der Waals surface area contributed by atoms with Crippen molar-refractivity contribution in [1.29, 1.82) is 0 Å². The lowest BCUT2D eigenvalue weighted by atomic mass is 9.85. The van der Waals surface area contributed by atoms with Gasteiger partial charge in [-0.1, -0.05) is 54.1 Å². The van der Waals surface area contributed by atoms with Crippen LogP contribution in [0.5, 0.6) is 11.5 Å². The quantitative estimate of drug-likeness (QED) is 0.673. The highest BCUT2D eigenvalue weighted by molar-refractivity contribution is 6.30. The van der Waals surface area contributed by atoms with Gasteiger partial charge in [-0.2, -0.15) is 0 Å². The van der Waals surface area contributed by atoms with Gasteiger partial charge >= 0.3 is 0 Å². The summed E-state index contributed by atoms with van der Waals surface area (Å²) in [6, 6.07) is 21.9. The Kier molecular flexibility index (Phi) is 4.03. The predicted octanol–water partition coefficient (Wildman–Crippen LogP) is 4.93. The first kappa shape index (κ1) is 14.5. The normalized spacial score (nSPS) is 12.0. The Morgan fingerprint density at radius 2 is 1.23 bits per heavy atom. The van der Waals surface area contributed by atoms with Crippen LogP contribution in [0, 0.1) is 0 Å². The van der Waals surface area contributed by atoms with Crippen LogP contribution in [0.4, 0.5) is 0 Å². The minimum atomic E-state index is -0.126. The fourth-order valence-corrected chi connectivity index (χ4v) is 2.73. The summed E-state index contributed by atoms with van der Waals surface area (Å²) in [5.41, 5.74) is 2.83. The zero-order valence-electron chi connectivity index (χ0n) is 11.8. The number of phenolic OH excluding ortho intramolecular Hbond substituents is 2. The van der Waals surface area contributed by atoms with E-state index in [1.54, 1.807) is 24.3 Å². The van der Waals surface area contributed by atoms with Crippen molar-refractivity contribution < 1.29 is 10.2 Å². The van der Waals surface area contributed by atoms with Crippen molar-refractivity contribution in [1.82, 2.24) is 0 Å². The maximum atomic E-state index is 10.2. The molecular formula is C19H15ClO2. The molecule has 0 aromatic heterocycles. The molecule has 3 heteroatoms. The Labute approximate surface area is 134 Å². The number of halogens is 1. The molecule has 0 spiro atoms. The average Bonchev–Trinajstić information content (AvgIpc) is 2.53. The lowest BCUT2D eigenvalue weighted by Gasteiger charge is -2.20. The smallest absolute Gasteiger partial charge is 0.119 e. The van der Waals surface area contributed by atoms with E-state index in [0.29, 0.717) is 5.02 Å². The van der Waals surface area contributed by atoms with Crippen LogP contribution in [-0.4, -0.2) is 10.2 Å². The van der Waals surface area contributed by atoms with Crippen LogP contribution in [0.25, 0.3) is 0 Å². The van der Waals surface area contributed by atoms with Crippen molar-refractivity contribution in [3.63, 3.8) is 0 Å². The van der Waals surface area contributed by atoms with Gasteiger partial charge in [-0.05, 0) is 41.5 Å². The third kappa shape index (κ3) is 2.92. The second kappa shape index (κ2) is 6.12. The van der Waals surface area contributed by atoms with Crippen molar-refractivity contribution in [2.45, 2.75) is 5.92 Å². The van der Waals surface area contributed by atoms with E-state index in [4.69, 9.17) is 11.6 Å². The largest absolute Gasteiger partial charge is 0.508 e. The molecule has 0 amide bonds. The molecule has 3 rings (SSSR count). The zero-order chi connectivity index (χ0) is 15.5. The van der Waals surface area contributed by atoms with Crippen molar-refractivity contribution >= 4 is 11.6 Å². The number of hydrogen-bond donors (Lipinski definition) is 2. The third-order valence-corrected chi connectivity index (χ3v) is 3.93. The van der Waals surface area contributed by atoms with Crippen LogP contribution in [-0.2, 0) is 0 Å². The van der Waals surface area contributed by atoms with Gasteiger partial charge in [0.2, 0.25) is 0 Å². The van der Waals surface area contributed by atoms with Gasteiger partial charge in [0.25, 0.3) is 0 Å². The highest BCUT2D eigenvalue weighted by atomic mass is 35.5. The van der Waals surface area contributed by atoms with Gasteiger partial charge in [0.15, 0.2) is 0 Å². The van der Waals surface area contributed by atoms with Crippen LogP contribution in [0.3, 0.4) is 0 Å². The molecule has 2 N–H and O–H groups in total. The molecule has 110 valence electrons. The second-order valence-corrected chi connectivity index (χ2v) is 5.57. The van der Waals surface area contributed by atoms with E-state index in [-0.39, 0.29) is 17.4 Å². The van der Waals surface area contributed by atoms with Gasteiger partial charge < -0.3 is 10.2 Å². The minimum absolute atomic E-state index is 0.126. The summed E-state index contributed by atoms with van der Waals surface area (Å²) < 4.78 is 0. The Morgan fingerprint density at radius 1 is 0.682 bits per heavy atom. The molecule has 3 aromatic rings. The Hall–Kier alpha value is -2.45. The number of hydrogen-bond acceptors (Lipinski definition) is 2. The molecule has 1 atom stereocenters. The fourth-order valence-electron chi connectivity index (χ4n) is 2.61. The average molecular weight is 311 g/mol. The van der Waals surface area contributed by atoms with E-state index in [2.05, 4.69) is 0 Å². The minimum Gasteiger partial charge on any atom is -0.508 e. The van der Waals surface area contributed by atoms with Crippen molar-refractivity contribution in [3.05, 3.63) is 94.5 Å². The van der Waals surface area contributed by atoms with E-state index >= 15 is 0 Å². The maximum absolute atomic E-state index is 10.2.